The largest absolute Gasteiger partial charge is 0.469 e. The fourth-order valence-electron chi connectivity index (χ4n) is 1.77. The number of rotatable bonds is 4. The van der Waals surface area contributed by atoms with Crippen LogP contribution >= 0.6 is 0 Å². The molecule has 0 bridgehead atoms. The third-order valence-electron chi connectivity index (χ3n) is 2.73. The number of carbonyl (C=O) groups is 1. The number of nitrogens with zero attached hydrogens (tertiary/aromatic N) is 1. The zero-order valence-electron chi connectivity index (χ0n) is 10.1. The summed E-state index contributed by atoms with van der Waals surface area (Å²) >= 11 is 0. The molecule has 0 amide bonds. The Labute approximate surface area is 108 Å². The van der Waals surface area contributed by atoms with E-state index < -0.39 is 16.9 Å². The van der Waals surface area contributed by atoms with Gasteiger partial charge in [-0.3, -0.25) is 14.9 Å². The van der Waals surface area contributed by atoms with Crippen LogP contribution in [0, 0.1) is 10.1 Å². The van der Waals surface area contributed by atoms with Crippen molar-refractivity contribution in [1.82, 2.24) is 0 Å². The lowest BCUT2D eigenvalue weighted by atomic mass is 10.0. The van der Waals surface area contributed by atoms with Crippen molar-refractivity contribution in [3.8, 4) is 11.5 Å². The van der Waals surface area contributed by atoms with Crippen LogP contribution in [0.15, 0.2) is 12.1 Å². The molecule has 0 fully saturated rings. The molecule has 2 rings (SSSR count). The van der Waals surface area contributed by atoms with Gasteiger partial charge in [-0.05, 0) is 6.07 Å². The smallest absolute Gasteiger partial charge is 0.307 e. The molecule has 19 heavy (non-hydrogen) atoms. The molecule has 1 aromatic carbocycles. The number of nitro benzene ring substituents is 1. The summed E-state index contributed by atoms with van der Waals surface area (Å²) in [5, 5.41) is 11.0. The van der Waals surface area contributed by atoms with Gasteiger partial charge in [0.15, 0.2) is 11.5 Å². The van der Waals surface area contributed by atoms with Crippen LogP contribution in [0.1, 0.15) is 18.0 Å². The first-order chi connectivity index (χ1) is 9.02. The van der Waals surface area contributed by atoms with Crippen molar-refractivity contribution < 1.29 is 23.9 Å². The third kappa shape index (κ3) is 2.58. The zero-order valence-corrected chi connectivity index (χ0v) is 10.1. The second-order valence-corrected chi connectivity index (χ2v) is 3.91. The highest BCUT2D eigenvalue weighted by Crippen LogP contribution is 2.40. The van der Waals surface area contributed by atoms with Gasteiger partial charge in [-0.25, -0.2) is 0 Å². The van der Waals surface area contributed by atoms with Crippen LogP contribution in [0.5, 0.6) is 11.5 Å². The van der Waals surface area contributed by atoms with Crippen molar-refractivity contribution in [2.75, 3.05) is 13.9 Å². The summed E-state index contributed by atoms with van der Waals surface area (Å²) in [5.41, 5.74) is 5.80. The molecule has 0 aromatic heterocycles. The van der Waals surface area contributed by atoms with Gasteiger partial charge in [0.25, 0.3) is 5.69 Å². The van der Waals surface area contributed by atoms with Crippen LogP contribution in [0.3, 0.4) is 0 Å². The topological polar surface area (TPSA) is 114 Å². The summed E-state index contributed by atoms with van der Waals surface area (Å²) in [6.45, 7) is 0.00216. The van der Waals surface area contributed by atoms with E-state index in [0.29, 0.717) is 11.5 Å². The van der Waals surface area contributed by atoms with Gasteiger partial charge in [-0.15, -0.1) is 0 Å². The lowest BCUT2D eigenvalue weighted by Crippen LogP contribution is -2.17. The van der Waals surface area contributed by atoms with Crippen molar-refractivity contribution in [3.05, 3.63) is 27.8 Å². The Morgan fingerprint density at radius 3 is 2.74 bits per heavy atom. The Morgan fingerprint density at radius 1 is 1.53 bits per heavy atom. The second-order valence-electron chi connectivity index (χ2n) is 3.91. The first kappa shape index (κ1) is 13.1. The first-order valence-electron chi connectivity index (χ1n) is 5.43. The number of benzene rings is 1. The average Bonchev–Trinajstić information content (AvgIpc) is 2.83. The molecular weight excluding hydrogens is 256 g/mol. The van der Waals surface area contributed by atoms with Gasteiger partial charge in [0, 0.05) is 6.04 Å². The van der Waals surface area contributed by atoms with Crippen LogP contribution in [0.25, 0.3) is 0 Å². The van der Waals surface area contributed by atoms with Crippen molar-refractivity contribution in [1.29, 1.82) is 0 Å². The van der Waals surface area contributed by atoms with E-state index in [1.807, 2.05) is 0 Å². The average molecular weight is 268 g/mol. The SMILES string of the molecule is COC(=O)C[C@H](N)c1cc2c(cc1[N+](=O)[O-])OCO2. The van der Waals surface area contributed by atoms with Crippen molar-refractivity contribution in [2.45, 2.75) is 12.5 Å². The Morgan fingerprint density at radius 2 is 2.16 bits per heavy atom. The quantitative estimate of drug-likeness (QED) is 0.489. The Kier molecular flexibility index (Phi) is 3.52. The molecule has 1 atom stereocenters. The summed E-state index contributed by atoms with van der Waals surface area (Å²) < 4.78 is 14.7. The second kappa shape index (κ2) is 5.11. The molecule has 0 aliphatic carbocycles. The number of hydrogen-bond donors (Lipinski definition) is 1. The maximum atomic E-state index is 11.2. The summed E-state index contributed by atoms with van der Waals surface area (Å²) in [5.74, 6) is 0.126. The minimum atomic E-state index is -0.845. The van der Waals surface area contributed by atoms with Crippen molar-refractivity contribution in [3.63, 3.8) is 0 Å². The summed E-state index contributed by atoms with van der Waals surface area (Å²) in [7, 11) is 1.23. The molecule has 0 radical (unpaired) electrons. The summed E-state index contributed by atoms with van der Waals surface area (Å²) in [6.07, 6.45) is -0.156. The van der Waals surface area contributed by atoms with E-state index in [2.05, 4.69) is 4.74 Å². The van der Waals surface area contributed by atoms with Crippen molar-refractivity contribution in [2.24, 2.45) is 5.73 Å². The molecule has 1 heterocycles. The molecule has 1 aliphatic rings. The molecule has 0 spiro atoms. The van der Waals surface area contributed by atoms with Crippen LogP contribution in [-0.4, -0.2) is 24.8 Å². The fraction of sp³-hybridized carbons (Fsp3) is 0.364. The van der Waals surface area contributed by atoms with Crippen LogP contribution < -0.4 is 15.2 Å². The lowest BCUT2D eigenvalue weighted by molar-refractivity contribution is -0.385. The number of nitrogens with two attached hydrogens (primary N) is 1. The molecule has 8 nitrogen and oxygen atoms in total. The maximum absolute atomic E-state index is 11.2. The highest BCUT2D eigenvalue weighted by Gasteiger charge is 2.27. The number of methoxy groups -OCH3 is 1. The number of carbonyl (C=O) groups excluding carboxylic acids is 1. The Hall–Kier alpha value is -2.35. The van der Waals surface area contributed by atoms with E-state index in [4.69, 9.17) is 15.2 Å². The van der Waals surface area contributed by atoms with E-state index in [9.17, 15) is 14.9 Å². The normalized spacial score (nSPS) is 14.0. The monoisotopic (exact) mass is 268 g/mol. The molecule has 8 heteroatoms. The van der Waals surface area contributed by atoms with Crippen molar-refractivity contribution >= 4 is 11.7 Å². The minimum absolute atomic E-state index is 0.00216. The van der Waals surface area contributed by atoms with Gasteiger partial charge in [-0.2, -0.15) is 0 Å². The number of hydrogen-bond acceptors (Lipinski definition) is 7. The minimum Gasteiger partial charge on any atom is -0.469 e. The third-order valence-corrected chi connectivity index (χ3v) is 2.73. The molecule has 2 N–H and O–H groups in total. The lowest BCUT2D eigenvalue weighted by Gasteiger charge is -2.11. The van der Waals surface area contributed by atoms with Gasteiger partial charge in [0.05, 0.1) is 30.1 Å². The predicted octanol–water partition coefficient (Wildman–Crippen LogP) is 0.886. The van der Waals surface area contributed by atoms with Crippen LogP contribution in [-0.2, 0) is 9.53 Å². The van der Waals surface area contributed by atoms with Crippen LogP contribution in [0.4, 0.5) is 5.69 Å². The van der Waals surface area contributed by atoms with Gasteiger partial charge < -0.3 is 19.9 Å². The van der Waals surface area contributed by atoms with Gasteiger partial charge in [-0.1, -0.05) is 0 Å². The van der Waals surface area contributed by atoms with E-state index >= 15 is 0 Å². The van der Waals surface area contributed by atoms with E-state index in [1.165, 1.54) is 19.2 Å². The van der Waals surface area contributed by atoms with Crippen LogP contribution in [0.2, 0.25) is 0 Å². The van der Waals surface area contributed by atoms with E-state index in [0.717, 1.165) is 0 Å². The predicted molar refractivity (Wildman–Crippen MR) is 62.8 cm³/mol. The number of fused-ring (bicyclic) bond motifs is 1. The summed E-state index contributed by atoms with van der Waals surface area (Å²) in [6, 6.07) is 1.82. The molecule has 0 saturated heterocycles. The highest BCUT2D eigenvalue weighted by atomic mass is 16.7. The molecule has 1 aromatic rings. The number of esters is 1. The van der Waals surface area contributed by atoms with Gasteiger partial charge >= 0.3 is 5.97 Å². The molecule has 0 unspecified atom stereocenters. The Balaban J connectivity index is 2.37. The Bertz CT molecular complexity index is 530. The van der Waals surface area contributed by atoms with E-state index in [-0.39, 0.29) is 24.5 Å². The molecule has 102 valence electrons. The first-order valence-corrected chi connectivity index (χ1v) is 5.43. The van der Waals surface area contributed by atoms with E-state index in [1.54, 1.807) is 0 Å². The zero-order chi connectivity index (χ0) is 14.0. The fourth-order valence-corrected chi connectivity index (χ4v) is 1.77. The standard InChI is InChI=1S/C11H12N2O6/c1-17-11(14)3-7(12)6-2-9-10(19-5-18-9)4-8(6)13(15)16/h2,4,7H,3,5,12H2,1H3/t7-/m0/s1. The number of ether oxygens (including phenoxy) is 3. The number of nitro groups is 1. The molecular formula is C11H12N2O6. The molecule has 1 aliphatic heterocycles. The summed E-state index contributed by atoms with van der Waals surface area (Å²) in [4.78, 5) is 21.6. The highest BCUT2D eigenvalue weighted by molar-refractivity contribution is 5.71. The van der Waals surface area contributed by atoms with Gasteiger partial charge in [0.1, 0.15) is 0 Å². The van der Waals surface area contributed by atoms with Gasteiger partial charge in [0.2, 0.25) is 6.79 Å². The maximum Gasteiger partial charge on any atom is 0.307 e. The molecule has 0 saturated carbocycles.